The smallest absolute Gasteiger partial charge is 0.398 e. The second-order valence-electron chi connectivity index (χ2n) is 10.7. The van der Waals surface area contributed by atoms with Crippen molar-refractivity contribution < 1.29 is 22.3 Å². The van der Waals surface area contributed by atoms with E-state index in [0.717, 1.165) is 35.4 Å². The van der Waals surface area contributed by atoms with Crippen LogP contribution in [-0.2, 0) is 6.42 Å². The number of halogens is 4. The number of hydrogen-bond donors (Lipinski definition) is 0. The number of hydrogen-bond acceptors (Lipinski definition) is 1. The summed E-state index contributed by atoms with van der Waals surface area (Å²) in [6.07, 6.45) is 9.59. The van der Waals surface area contributed by atoms with Crippen LogP contribution in [0.1, 0.15) is 94.6 Å². The van der Waals surface area contributed by atoms with Gasteiger partial charge < -0.3 is 4.74 Å². The minimum absolute atomic E-state index is 0.143. The zero-order valence-electron chi connectivity index (χ0n) is 20.8. The molecule has 2 fully saturated rings. The molecule has 2 aromatic carbocycles. The Balaban J connectivity index is 1.22. The van der Waals surface area contributed by atoms with Crippen LogP contribution in [0.5, 0.6) is 5.75 Å². The Bertz CT molecular complexity index is 926. The SMILES string of the molecule is CCCC1CCC(C2CCC(c3ccc(CCC(F)(F)Oc4ccc(F)c(F)c4)cc3)CC2)CC1. The predicted molar refractivity (Wildman–Crippen MR) is 132 cm³/mol. The summed E-state index contributed by atoms with van der Waals surface area (Å²) < 4.78 is 59.3. The average molecular weight is 491 g/mol. The molecule has 0 heterocycles. The molecule has 2 aliphatic carbocycles. The minimum atomic E-state index is -3.46. The third-order valence-corrected chi connectivity index (χ3v) is 8.34. The number of rotatable bonds is 9. The second-order valence-corrected chi connectivity index (χ2v) is 10.7. The summed E-state index contributed by atoms with van der Waals surface area (Å²) in [6, 6.07) is 10.5. The average Bonchev–Trinajstić information content (AvgIpc) is 2.86. The number of aryl methyl sites for hydroxylation is 1. The van der Waals surface area contributed by atoms with Crippen molar-refractivity contribution in [3.63, 3.8) is 0 Å². The van der Waals surface area contributed by atoms with Crippen LogP contribution in [0.15, 0.2) is 42.5 Å². The lowest BCUT2D eigenvalue weighted by atomic mass is 9.68. The molecule has 5 heteroatoms. The first-order valence-electron chi connectivity index (χ1n) is 13.4. The molecule has 0 aliphatic heterocycles. The molecule has 0 bridgehead atoms. The Morgan fingerprint density at radius 3 is 2.03 bits per heavy atom. The van der Waals surface area contributed by atoms with Crippen LogP contribution in [-0.4, -0.2) is 6.11 Å². The van der Waals surface area contributed by atoms with E-state index in [1.165, 1.54) is 69.8 Å². The summed E-state index contributed by atoms with van der Waals surface area (Å²) in [6.45, 7) is 2.29. The largest absolute Gasteiger partial charge is 0.432 e. The summed E-state index contributed by atoms with van der Waals surface area (Å²) in [4.78, 5) is 0. The van der Waals surface area contributed by atoms with Gasteiger partial charge in [-0.05, 0) is 91.9 Å². The van der Waals surface area contributed by atoms with Crippen molar-refractivity contribution in [2.45, 2.75) is 96.0 Å². The third-order valence-electron chi connectivity index (χ3n) is 8.34. The first kappa shape index (κ1) is 26.0. The van der Waals surface area contributed by atoms with Crippen molar-refractivity contribution in [1.29, 1.82) is 0 Å². The van der Waals surface area contributed by atoms with Gasteiger partial charge in [0.15, 0.2) is 11.6 Å². The maximum atomic E-state index is 14.2. The lowest BCUT2D eigenvalue weighted by molar-refractivity contribution is -0.180. The maximum Gasteiger partial charge on any atom is 0.398 e. The molecule has 2 saturated carbocycles. The van der Waals surface area contributed by atoms with E-state index < -0.39 is 24.2 Å². The van der Waals surface area contributed by atoms with E-state index in [2.05, 4.69) is 23.8 Å². The summed E-state index contributed by atoms with van der Waals surface area (Å²) in [5.41, 5.74) is 2.13. The van der Waals surface area contributed by atoms with Crippen LogP contribution in [0.2, 0.25) is 0 Å². The normalized spacial score (nSPS) is 25.4. The molecule has 35 heavy (non-hydrogen) atoms. The minimum Gasteiger partial charge on any atom is -0.432 e. The highest BCUT2D eigenvalue weighted by molar-refractivity contribution is 5.26. The van der Waals surface area contributed by atoms with E-state index in [4.69, 9.17) is 0 Å². The number of benzene rings is 2. The quantitative estimate of drug-likeness (QED) is 0.318. The Morgan fingerprint density at radius 1 is 0.800 bits per heavy atom. The zero-order chi connectivity index (χ0) is 24.8. The Kier molecular flexibility index (Phi) is 8.77. The molecule has 0 spiro atoms. The molecule has 0 unspecified atom stereocenters. The Hall–Kier alpha value is -2.04. The molecular weight excluding hydrogens is 452 g/mol. The summed E-state index contributed by atoms with van der Waals surface area (Å²) in [5.74, 6) is 0.643. The van der Waals surface area contributed by atoms with Crippen LogP contribution >= 0.6 is 0 Å². The summed E-state index contributed by atoms with van der Waals surface area (Å²) >= 11 is 0. The topological polar surface area (TPSA) is 9.23 Å². The third kappa shape index (κ3) is 7.24. The standard InChI is InChI=1S/C30H38F4O/c1-2-3-21-4-8-23(9-5-21)25-12-14-26(15-13-25)24-10-6-22(7-11-24)18-19-30(33,34)35-27-16-17-28(31)29(32)20-27/h6-7,10-11,16-17,20-21,23,25-26H,2-5,8-9,12-15,18-19H2,1H3. The molecule has 2 aliphatic rings. The molecule has 0 radical (unpaired) electrons. The van der Waals surface area contributed by atoms with Crippen molar-refractivity contribution in [3.8, 4) is 5.75 Å². The lowest BCUT2D eigenvalue weighted by Crippen LogP contribution is -2.25. The monoisotopic (exact) mass is 490 g/mol. The summed E-state index contributed by atoms with van der Waals surface area (Å²) in [7, 11) is 0. The molecule has 2 aromatic rings. The zero-order valence-corrected chi connectivity index (χ0v) is 20.8. The van der Waals surface area contributed by atoms with Crippen LogP contribution in [0, 0.1) is 29.4 Å². The fourth-order valence-corrected chi connectivity index (χ4v) is 6.29. The van der Waals surface area contributed by atoms with Gasteiger partial charge in [0, 0.05) is 6.07 Å². The van der Waals surface area contributed by atoms with Crippen molar-refractivity contribution in [3.05, 3.63) is 65.2 Å². The molecule has 0 saturated heterocycles. The fraction of sp³-hybridized carbons (Fsp3) is 0.600. The maximum absolute atomic E-state index is 14.2. The van der Waals surface area contributed by atoms with Crippen molar-refractivity contribution in [1.82, 2.24) is 0 Å². The van der Waals surface area contributed by atoms with Crippen LogP contribution in [0.4, 0.5) is 17.6 Å². The first-order chi connectivity index (χ1) is 16.8. The van der Waals surface area contributed by atoms with Gasteiger partial charge in [0.1, 0.15) is 5.75 Å². The Morgan fingerprint density at radius 2 is 1.43 bits per heavy atom. The molecule has 4 rings (SSSR count). The molecule has 192 valence electrons. The van der Waals surface area contributed by atoms with E-state index in [-0.39, 0.29) is 12.2 Å². The van der Waals surface area contributed by atoms with Crippen molar-refractivity contribution in [2.75, 3.05) is 0 Å². The highest BCUT2D eigenvalue weighted by Crippen LogP contribution is 2.44. The van der Waals surface area contributed by atoms with Gasteiger partial charge in [-0.2, -0.15) is 8.78 Å². The van der Waals surface area contributed by atoms with E-state index >= 15 is 0 Å². The second kappa shape index (κ2) is 11.8. The molecule has 1 nitrogen and oxygen atoms in total. The van der Waals surface area contributed by atoms with Gasteiger partial charge in [-0.25, -0.2) is 8.78 Å². The van der Waals surface area contributed by atoms with Crippen molar-refractivity contribution >= 4 is 0 Å². The van der Waals surface area contributed by atoms with Gasteiger partial charge >= 0.3 is 6.11 Å². The molecule has 0 aromatic heterocycles. The van der Waals surface area contributed by atoms with Crippen molar-refractivity contribution in [2.24, 2.45) is 17.8 Å². The van der Waals surface area contributed by atoms with E-state index in [0.29, 0.717) is 12.0 Å². The van der Waals surface area contributed by atoms with Crippen LogP contribution in [0.3, 0.4) is 0 Å². The highest BCUT2D eigenvalue weighted by atomic mass is 19.3. The van der Waals surface area contributed by atoms with E-state index in [1.54, 1.807) is 0 Å². The van der Waals surface area contributed by atoms with Gasteiger partial charge in [-0.1, -0.05) is 56.9 Å². The molecular formula is C30H38F4O. The predicted octanol–water partition coefficient (Wildman–Crippen LogP) is 9.45. The molecule has 0 atom stereocenters. The highest BCUT2D eigenvalue weighted by Gasteiger charge is 2.32. The Labute approximate surface area is 207 Å². The van der Waals surface area contributed by atoms with Gasteiger partial charge in [0.2, 0.25) is 0 Å². The fourth-order valence-electron chi connectivity index (χ4n) is 6.29. The van der Waals surface area contributed by atoms with E-state index in [1.807, 2.05) is 12.1 Å². The van der Waals surface area contributed by atoms with Gasteiger partial charge in [-0.3, -0.25) is 0 Å². The van der Waals surface area contributed by atoms with Crippen LogP contribution < -0.4 is 4.74 Å². The van der Waals surface area contributed by atoms with Gasteiger partial charge in [0.05, 0.1) is 6.42 Å². The lowest BCUT2D eigenvalue weighted by Gasteiger charge is -2.38. The van der Waals surface area contributed by atoms with E-state index in [9.17, 15) is 17.6 Å². The molecule has 0 amide bonds. The first-order valence-corrected chi connectivity index (χ1v) is 13.4. The van der Waals surface area contributed by atoms with Gasteiger partial charge in [-0.15, -0.1) is 0 Å². The van der Waals surface area contributed by atoms with Gasteiger partial charge in [0.25, 0.3) is 0 Å². The number of alkyl halides is 2. The molecule has 0 N–H and O–H groups in total. The summed E-state index contributed by atoms with van der Waals surface area (Å²) in [5, 5.41) is 0. The number of ether oxygens (including phenoxy) is 1. The van der Waals surface area contributed by atoms with Crippen LogP contribution in [0.25, 0.3) is 0 Å².